The van der Waals surface area contributed by atoms with Crippen LogP contribution in [0.25, 0.3) is 0 Å². The number of furan rings is 1. The van der Waals surface area contributed by atoms with Gasteiger partial charge < -0.3 is 9.73 Å². The van der Waals surface area contributed by atoms with Crippen LogP contribution in [0.5, 0.6) is 0 Å². The number of thiophene rings is 1. The van der Waals surface area contributed by atoms with Gasteiger partial charge in [0.2, 0.25) is 5.91 Å². The Morgan fingerprint density at radius 2 is 2.11 bits per heavy atom. The summed E-state index contributed by atoms with van der Waals surface area (Å²) in [6.07, 6.45) is 5.26. The molecule has 3 amide bonds. The molecule has 0 spiro atoms. The van der Waals surface area contributed by atoms with Crippen LogP contribution in [0.3, 0.4) is 0 Å². The summed E-state index contributed by atoms with van der Waals surface area (Å²) in [4.78, 5) is 37.6. The third-order valence-corrected chi connectivity index (χ3v) is 5.72. The molecule has 2 aromatic rings. The highest BCUT2D eigenvalue weighted by Gasteiger charge is 2.20. The van der Waals surface area contributed by atoms with Crippen molar-refractivity contribution in [1.29, 1.82) is 0 Å². The third-order valence-electron chi connectivity index (χ3n) is 4.48. The molecule has 7 nitrogen and oxygen atoms in total. The van der Waals surface area contributed by atoms with Crippen LogP contribution in [-0.4, -0.2) is 24.3 Å². The monoisotopic (exact) mass is 389 g/mol. The van der Waals surface area contributed by atoms with Gasteiger partial charge in [-0.15, -0.1) is 11.3 Å². The lowest BCUT2D eigenvalue weighted by Gasteiger charge is -2.16. The highest BCUT2D eigenvalue weighted by atomic mass is 32.1. The molecule has 27 heavy (non-hydrogen) atoms. The second-order valence-electron chi connectivity index (χ2n) is 6.75. The fraction of sp³-hybridized carbons (Fsp3) is 0.421. The Morgan fingerprint density at radius 3 is 2.89 bits per heavy atom. The molecule has 1 atom stereocenters. The first-order chi connectivity index (χ1) is 13.0. The number of carbonyl (C=O) groups is 3. The summed E-state index contributed by atoms with van der Waals surface area (Å²) < 4.78 is 4.98. The first-order valence-corrected chi connectivity index (χ1v) is 9.87. The van der Waals surface area contributed by atoms with Gasteiger partial charge >= 0.3 is 0 Å². The molecule has 0 fully saturated rings. The van der Waals surface area contributed by atoms with E-state index in [4.69, 9.17) is 4.42 Å². The summed E-state index contributed by atoms with van der Waals surface area (Å²) in [5, 5.41) is 2.66. The third kappa shape index (κ3) is 5.19. The molecule has 2 aromatic heterocycles. The lowest BCUT2D eigenvalue weighted by Crippen LogP contribution is -2.41. The van der Waals surface area contributed by atoms with Gasteiger partial charge in [0.15, 0.2) is 5.76 Å². The van der Waals surface area contributed by atoms with Crippen molar-refractivity contribution in [3.05, 3.63) is 45.5 Å². The molecule has 0 saturated carbocycles. The van der Waals surface area contributed by atoms with Gasteiger partial charge in [0.05, 0.1) is 11.1 Å². The molecular weight excluding hydrogens is 366 g/mol. The average molecular weight is 389 g/mol. The number of hydrogen-bond donors (Lipinski definition) is 3. The molecule has 0 unspecified atom stereocenters. The van der Waals surface area contributed by atoms with Crippen LogP contribution in [0, 0.1) is 5.92 Å². The van der Waals surface area contributed by atoms with Gasteiger partial charge in [-0.2, -0.15) is 0 Å². The van der Waals surface area contributed by atoms with Crippen molar-refractivity contribution in [2.24, 2.45) is 5.92 Å². The maximum absolute atomic E-state index is 12.2. The summed E-state index contributed by atoms with van der Waals surface area (Å²) >= 11 is 1.50. The van der Waals surface area contributed by atoms with Crippen molar-refractivity contribution >= 4 is 29.1 Å². The number of nitrogens with one attached hydrogen (secondary N) is 3. The van der Waals surface area contributed by atoms with Gasteiger partial charge in [0.25, 0.3) is 11.8 Å². The largest absolute Gasteiger partial charge is 0.459 e. The van der Waals surface area contributed by atoms with Crippen molar-refractivity contribution < 1.29 is 18.8 Å². The Kier molecular flexibility index (Phi) is 6.28. The molecule has 0 aliphatic heterocycles. The van der Waals surface area contributed by atoms with E-state index >= 15 is 0 Å². The summed E-state index contributed by atoms with van der Waals surface area (Å²) in [6, 6.07) is 5.14. The molecule has 0 radical (unpaired) electrons. The minimum absolute atomic E-state index is 0.192. The fourth-order valence-corrected chi connectivity index (χ4v) is 4.12. The summed E-state index contributed by atoms with van der Waals surface area (Å²) in [5.74, 6) is -0.0208. The highest BCUT2D eigenvalue weighted by Crippen LogP contribution is 2.32. The van der Waals surface area contributed by atoms with Crippen molar-refractivity contribution in [2.75, 3.05) is 6.54 Å². The van der Waals surface area contributed by atoms with E-state index in [1.807, 2.05) is 6.07 Å². The Labute approximate surface area is 161 Å². The summed E-state index contributed by atoms with van der Waals surface area (Å²) in [7, 11) is 0. The van der Waals surface area contributed by atoms with E-state index in [1.165, 1.54) is 28.0 Å². The predicted octanol–water partition coefficient (Wildman–Crippen LogP) is 2.44. The normalized spacial score (nSPS) is 15.7. The second kappa shape index (κ2) is 8.85. The quantitative estimate of drug-likeness (QED) is 0.522. The molecule has 0 saturated heterocycles. The zero-order valence-electron chi connectivity index (χ0n) is 15.2. The maximum atomic E-state index is 12.2. The van der Waals surface area contributed by atoms with Crippen LogP contribution in [0.1, 0.15) is 56.9 Å². The van der Waals surface area contributed by atoms with Crippen molar-refractivity contribution in [2.45, 2.75) is 39.0 Å². The SMILES string of the molecule is C[C@H]1CCc2sc(C(=O)NNC(=O)CCCNC(=O)c3ccco3)cc2C1. The lowest BCUT2D eigenvalue weighted by molar-refractivity contribution is -0.121. The molecule has 0 aromatic carbocycles. The van der Waals surface area contributed by atoms with Gasteiger partial charge in [-0.25, -0.2) is 0 Å². The van der Waals surface area contributed by atoms with Crippen LogP contribution < -0.4 is 16.2 Å². The van der Waals surface area contributed by atoms with E-state index in [0.29, 0.717) is 23.8 Å². The van der Waals surface area contributed by atoms with E-state index in [9.17, 15) is 14.4 Å². The topological polar surface area (TPSA) is 100 Å². The highest BCUT2D eigenvalue weighted by molar-refractivity contribution is 7.14. The number of hydrogen-bond acceptors (Lipinski definition) is 5. The molecular formula is C19H23N3O4S. The van der Waals surface area contributed by atoms with Gasteiger partial charge in [0, 0.05) is 17.8 Å². The zero-order valence-corrected chi connectivity index (χ0v) is 16.0. The van der Waals surface area contributed by atoms with Crippen LogP contribution >= 0.6 is 11.3 Å². The standard InChI is InChI=1S/C19H23N3O4S/c1-12-6-7-15-13(10-12)11-16(27-15)19(25)22-21-17(23)5-2-8-20-18(24)14-4-3-9-26-14/h3-4,9,11-12H,2,5-8,10H2,1H3,(H,20,24)(H,21,23)(H,22,25)/t12-/m0/s1. The molecule has 2 heterocycles. The zero-order chi connectivity index (χ0) is 19.2. The maximum Gasteiger partial charge on any atom is 0.286 e. The van der Waals surface area contributed by atoms with Crippen molar-refractivity contribution in [1.82, 2.24) is 16.2 Å². The van der Waals surface area contributed by atoms with Crippen LogP contribution in [0.2, 0.25) is 0 Å². The number of hydrazine groups is 1. The minimum atomic E-state index is -0.315. The van der Waals surface area contributed by atoms with Crippen LogP contribution in [-0.2, 0) is 17.6 Å². The molecule has 8 heteroatoms. The van der Waals surface area contributed by atoms with E-state index in [-0.39, 0.29) is 29.9 Å². The average Bonchev–Trinajstić information content (AvgIpc) is 3.32. The molecule has 0 bridgehead atoms. The summed E-state index contributed by atoms with van der Waals surface area (Å²) in [6.45, 7) is 2.56. The minimum Gasteiger partial charge on any atom is -0.459 e. The predicted molar refractivity (Wildman–Crippen MR) is 101 cm³/mol. The summed E-state index contributed by atoms with van der Waals surface area (Å²) in [5.41, 5.74) is 6.14. The first-order valence-electron chi connectivity index (χ1n) is 9.05. The van der Waals surface area contributed by atoms with Gasteiger partial charge in [-0.05, 0) is 55.4 Å². The second-order valence-corrected chi connectivity index (χ2v) is 7.88. The molecule has 3 rings (SSSR count). The van der Waals surface area contributed by atoms with Crippen LogP contribution in [0.4, 0.5) is 0 Å². The Hall–Kier alpha value is -2.61. The van der Waals surface area contributed by atoms with Gasteiger partial charge in [-0.3, -0.25) is 25.2 Å². The van der Waals surface area contributed by atoms with Gasteiger partial charge in [0.1, 0.15) is 0 Å². The number of amides is 3. The van der Waals surface area contributed by atoms with Crippen molar-refractivity contribution in [3.63, 3.8) is 0 Å². The number of rotatable bonds is 6. The number of fused-ring (bicyclic) bond motifs is 1. The van der Waals surface area contributed by atoms with Crippen LogP contribution in [0.15, 0.2) is 28.9 Å². The molecule has 3 N–H and O–H groups in total. The Balaban J connectivity index is 1.35. The Morgan fingerprint density at radius 1 is 1.26 bits per heavy atom. The van der Waals surface area contributed by atoms with Gasteiger partial charge in [-0.1, -0.05) is 6.92 Å². The van der Waals surface area contributed by atoms with E-state index in [2.05, 4.69) is 23.1 Å². The van der Waals surface area contributed by atoms with E-state index in [0.717, 1.165) is 19.3 Å². The number of aryl methyl sites for hydroxylation is 1. The fourth-order valence-electron chi connectivity index (χ4n) is 3.01. The smallest absolute Gasteiger partial charge is 0.286 e. The molecule has 1 aliphatic carbocycles. The first kappa shape index (κ1) is 19.2. The lowest BCUT2D eigenvalue weighted by atomic mass is 9.90. The van der Waals surface area contributed by atoms with Crippen molar-refractivity contribution in [3.8, 4) is 0 Å². The molecule has 1 aliphatic rings. The molecule has 144 valence electrons. The number of carbonyl (C=O) groups excluding carboxylic acids is 3. The van der Waals surface area contributed by atoms with E-state index < -0.39 is 0 Å². The Bertz CT molecular complexity index is 813. The van der Waals surface area contributed by atoms with E-state index in [1.54, 1.807) is 12.1 Å².